The minimum Gasteiger partial charge on any atom is -0.481 e. The number of carboxylic acid groups (broad SMARTS) is 2. The normalized spacial score (nSPS) is 11.8. The van der Waals surface area contributed by atoms with E-state index < -0.39 is 30.3 Å². The molecule has 1 amide bonds. The minimum absolute atomic E-state index is 0.0663. The van der Waals surface area contributed by atoms with Crippen molar-refractivity contribution in [2.75, 3.05) is 0 Å². The van der Waals surface area contributed by atoms with Crippen LogP contribution in [0.5, 0.6) is 0 Å². The number of H-pyrrole nitrogens is 1. The summed E-state index contributed by atoms with van der Waals surface area (Å²) in [6.45, 7) is 0. The van der Waals surface area contributed by atoms with E-state index in [1.54, 1.807) is 0 Å². The second kappa shape index (κ2) is 4.91. The number of rotatable bonds is 5. The molecule has 0 spiro atoms. The van der Waals surface area contributed by atoms with Gasteiger partial charge in [0.1, 0.15) is 11.7 Å². The molecular formula is C8H9N3O5. The van der Waals surface area contributed by atoms with Crippen LogP contribution in [0.15, 0.2) is 12.5 Å². The first-order valence-electron chi connectivity index (χ1n) is 4.24. The van der Waals surface area contributed by atoms with E-state index in [4.69, 9.17) is 10.2 Å². The van der Waals surface area contributed by atoms with Gasteiger partial charge in [0.25, 0.3) is 5.91 Å². The van der Waals surface area contributed by atoms with E-state index in [2.05, 4.69) is 15.3 Å². The predicted molar refractivity (Wildman–Crippen MR) is 49.7 cm³/mol. The average Bonchev–Trinajstić information content (AvgIpc) is 2.68. The van der Waals surface area contributed by atoms with E-state index in [1.165, 1.54) is 12.5 Å². The van der Waals surface area contributed by atoms with Crippen molar-refractivity contribution in [1.29, 1.82) is 0 Å². The summed E-state index contributed by atoms with van der Waals surface area (Å²) in [6.07, 6.45) is 1.77. The van der Waals surface area contributed by atoms with Gasteiger partial charge in [-0.3, -0.25) is 9.59 Å². The molecule has 16 heavy (non-hydrogen) atoms. The van der Waals surface area contributed by atoms with Crippen molar-refractivity contribution in [3.8, 4) is 0 Å². The number of amides is 1. The van der Waals surface area contributed by atoms with E-state index in [-0.39, 0.29) is 5.69 Å². The van der Waals surface area contributed by atoms with Gasteiger partial charge < -0.3 is 20.5 Å². The number of aromatic nitrogens is 2. The summed E-state index contributed by atoms with van der Waals surface area (Å²) in [7, 11) is 0. The lowest BCUT2D eigenvalue weighted by molar-refractivity contribution is -0.145. The second-order valence-corrected chi connectivity index (χ2v) is 2.93. The molecule has 0 saturated carbocycles. The smallest absolute Gasteiger partial charge is 0.326 e. The molecule has 4 N–H and O–H groups in total. The van der Waals surface area contributed by atoms with Crippen LogP contribution in [-0.2, 0) is 9.59 Å². The van der Waals surface area contributed by atoms with Gasteiger partial charge in [-0.1, -0.05) is 0 Å². The quantitative estimate of drug-likeness (QED) is 0.513. The number of imidazole rings is 1. The highest BCUT2D eigenvalue weighted by molar-refractivity contribution is 5.95. The topological polar surface area (TPSA) is 132 Å². The Hall–Kier alpha value is -2.38. The standard InChI is InChI=1S/C8H9N3O5/c12-6(13)1-4(8(15)16)11-7(14)5-2-9-3-10-5/h2-4H,1H2,(H,9,10)(H,11,14)(H,12,13)(H,15,16)/t4-/m1/s1. The summed E-state index contributed by atoms with van der Waals surface area (Å²) in [5.41, 5.74) is 0.0663. The second-order valence-electron chi connectivity index (χ2n) is 2.93. The number of carboxylic acids is 2. The number of nitrogens with zero attached hydrogens (tertiary/aromatic N) is 1. The average molecular weight is 227 g/mol. The van der Waals surface area contributed by atoms with Gasteiger partial charge in [-0.2, -0.15) is 0 Å². The summed E-state index contributed by atoms with van der Waals surface area (Å²) in [5, 5.41) is 19.2. The van der Waals surface area contributed by atoms with Crippen LogP contribution in [0.2, 0.25) is 0 Å². The predicted octanol–water partition coefficient (Wildman–Crippen LogP) is -0.933. The molecule has 0 bridgehead atoms. The minimum atomic E-state index is -1.46. The molecule has 0 fully saturated rings. The van der Waals surface area contributed by atoms with Gasteiger partial charge in [0.15, 0.2) is 0 Å². The Morgan fingerprint density at radius 2 is 2.12 bits per heavy atom. The molecular weight excluding hydrogens is 218 g/mol. The van der Waals surface area contributed by atoms with Gasteiger partial charge in [-0.15, -0.1) is 0 Å². The largest absolute Gasteiger partial charge is 0.481 e. The number of hydrogen-bond donors (Lipinski definition) is 4. The molecule has 0 saturated heterocycles. The molecule has 1 aromatic heterocycles. The first-order chi connectivity index (χ1) is 7.50. The van der Waals surface area contributed by atoms with Crippen molar-refractivity contribution in [2.24, 2.45) is 0 Å². The molecule has 0 unspecified atom stereocenters. The van der Waals surface area contributed by atoms with Crippen molar-refractivity contribution in [2.45, 2.75) is 12.5 Å². The van der Waals surface area contributed by atoms with Crippen LogP contribution in [-0.4, -0.2) is 44.1 Å². The fraction of sp³-hybridized carbons (Fsp3) is 0.250. The summed E-state index contributed by atoms with van der Waals surface area (Å²) in [6, 6.07) is -1.46. The lowest BCUT2D eigenvalue weighted by atomic mass is 10.2. The third-order valence-electron chi connectivity index (χ3n) is 1.73. The first-order valence-corrected chi connectivity index (χ1v) is 4.24. The van der Waals surface area contributed by atoms with Crippen molar-refractivity contribution in [1.82, 2.24) is 15.3 Å². The number of aromatic amines is 1. The number of hydrogen-bond acceptors (Lipinski definition) is 4. The van der Waals surface area contributed by atoms with Crippen molar-refractivity contribution >= 4 is 17.8 Å². The van der Waals surface area contributed by atoms with Crippen LogP contribution < -0.4 is 5.32 Å². The van der Waals surface area contributed by atoms with Crippen LogP contribution in [0, 0.1) is 0 Å². The number of carbonyl (C=O) groups excluding carboxylic acids is 1. The monoisotopic (exact) mass is 227 g/mol. The number of nitrogens with one attached hydrogen (secondary N) is 2. The maximum absolute atomic E-state index is 11.4. The third-order valence-corrected chi connectivity index (χ3v) is 1.73. The zero-order chi connectivity index (χ0) is 12.1. The Kier molecular flexibility index (Phi) is 3.59. The summed E-state index contributed by atoms with van der Waals surface area (Å²) < 4.78 is 0. The van der Waals surface area contributed by atoms with Gasteiger partial charge in [-0.25, -0.2) is 9.78 Å². The van der Waals surface area contributed by atoms with Crippen LogP contribution in [0.4, 0.5) is 0 Å². The van der Waals surface area contributed by atoms with Crippen LogP contribution in [0.25, 0.3) is 0 Å². The van der Waals surface area contributed by atoms with E-state index in [0.717, 1.165) is 0 Å². The Morgan fingerprint density at radius 1 is 1.44 bits per heavy atom. The highest BCUT2D eigenvalue weighted by atomic mass is 16.4. The summed E-state index contributed by atoms with van der Waals surface area (Å²) >= 11 is 0. The molecule has 8 heteroatoms. The molecule has 0 aromatic carbocycles. The molecule has 0 aliphatic carbocycles. The molecule has 0 aliphatic heterocycles. The molecule has 1 heterocycles. The van der Waals surface area contributed by atoms with Gasteiger partial charge >= 0.3 is 11.9 Å². The van der Waals surface area contributed by atoms with E-state index in [0.29, 0.717) is 0 Å². The van der Waals surface area contributed by atoms with Crippen molar-refractivity contribution in [3.63, 3.8) is 0 Å². The fourth-order valence-electron chi connectivity index (χ4n) is 0.991. The summed E-state index contributed by atoms with van der Waals surface area (Å²) in [5.74, 6) is -3.43. The van der Waals surface area contributed by atoms with Crippen LogP contribution >= 0.6 is 0 Å². The molecule has 1 atom stereocenters. The van der Waals surface area contributed by atoms with Gasteiger partial charge in [0.05, 0.1) is 18.9 Å². The van der Waals surface area contributed by atoms with E-state index in [9.17, 15) is 14.4 Å². The van der Waals surface area contributed by atoms with Crippen LogP contribution in [0.1, 0.15) is 16.9 Å². The van der Waals surface area contributed by atoms with Crippen LogP contribution in [0.3, 0.4) is 0 Å². The van der Waals surface area contributed by atoms with E-state index >= 15 is 0 Å². The third kappa shape index (κ3) is 3.08. The Bertz CT molecular complexity index is 400. The first kappa shape index (κ1) is 11.7. The number of aliphatic carboxylic acids is 2. The number of carbonyl (C=O) groups is 3. The highest BCUT2D eigenvalue weighted by Gasteiger charge is 2.23. The maximum atomic E-state index is 11.4. The Morgan fingerprint density at radius 3 is 2.56 bits per heavy atom. The SMILES string of the molecule is O=C(O)C[C@@H](NC(=O)c1cnc[nH]1)C(=O)O. The highest BCUT2D eigenvalue weighted by Crippen LogP contribution is 1.97. The van der Waals surface area contributed by atoms with Gasteiger partial charge in [-0.05, 0) is 0 Å². The molecule has 0 aliphatic rings. The molecule has 1 rings (SSSR count). The zero-order valence-corrected chi connectivity index (χ0v) is 8.01. The lowest BCUT2D eigenvalue weighted by Crippen LogP contribution is -2.42. The Labute approximate surface area is 89.3 Å². The molecule has 86 valence electrons. The van der Waals surface area contributed by atoms with Crippen molar-refractivity contribution in [3.05, 3.63) is 18.2 Å². The zero-order valence-electron chi connectivity index (χ0n) is 8.01. The van der Waals surface area contributed by atoms with Gasteiger partial charge in [0.2, 0.25) is 0 Å². The van der Waals surface area contributed by atoms with Crippen molar-refractivity contribution < 1.29 is 24.6 Å². The maximum Gasteiger partial charge on any atom is 0.326 e. The van der Waals surface area contributed by atoms with Gasteiger partial charge in [0, 0.05) is 0 Å². The fourth-order valence-corrected chi connectivity index (χ4v) is 0.991. The Balaban J connectivity index is 2.65. The molecule has 8 nitrogen and oxygen atoms in total. The lowest BCUT2D eigenvalue weighted by Gasteiger charge is -2.10. The summed E-state index contributed by atoms with van der Waals surface area (Å²) in [4.78, 5) is 38.4. The molecule has 1 aromatic rings. The van der Waals surface area contributed by atoms with E-state index in [1.807, 2.05) is 0 Å². The molecule has 0 radical (unpaired) electrons.